The Hall–Kier alpha value is -2.46. The van der Waals surface area contributed by atoms with Crippen LogP contribution in [0.3, 0.4) is 0 Å². The van der Waals surface area contributed by atoms with Gasteiger partial charge < -0.3 is 24.4 Å². The highest BCUT2D eigenvalue weighted by molar-refractivity contribution is 7.09. The second-order valence-corrected chi connectivity index (χ2v) is 7.29. The zero-order valence-corrected chi connectivity index (χ0v) is 18.6. The molecule has 10 heteroatoms. The fourth-order valence-corrected chi connectivity index (χ4v) is 3.53. The topological polar surface area (TPSA) is 68.2 Å². The molecule has 0 bridgehead atoms. The van der Waals surface area contributed by atoms with Gasteiger partial charge in [0, 0.05) is 33.1 Å². The highest BCUT2D eigenvalue weighted by atomic mass is 32.1. The number of nitrogens with one attached hydrogen (secondary N) is 1. The number of hydrogen-bond acceptors (Lipinski definition) is 6. The van der Waals surface area contributed by atoms with Crippen LogP contribution in [0.2, 0.25) is 0 Å². The molecule has 30 heavy (non-hydrogen) atoms. The first kappa shape index (κ1) is 23.8. The minimum Gasteiger partial charge on any atom is -0.490 e. The first-order chi connectivity index (χ1) is 14.4. The van der Waals surface area contributed by atoms with E-state index in [0.717, 1.165) is 16.3 Å². The lowest BCUT2D eigenvalue weighted by Crippen LogP contribution is -2.38. The van der Waals surface area contributed by atoms with Crippen LogP contribution in [0.15, 0.2) is 28.6 Å². The molecule has 1 aromatic heterocycles. The van der Waals surface area contributed by atoms with Gasteiger partial charge in [0.15, 0.2) is 17.5 Å². The van der Waals surface area contributed by atoms with Crippen LogP contribution in [-0.2, 0) is 17.8 Å². The summed E-state index contributed by atoms with van der Waals surface area (Å²) in [6, 6.07) is 4.87. The Labute approximate surface area is 179 Å². The summed E-state index contributed by atoms with van der Waals surface area (Å²) in [6.45, 7) is 2.20. The van der Waals surface area contributed by atoms with E-state index in [1.165, 1.54) is 6.07 Å². The fourth-order valence-electron chi connectivity index (χ4n) is 2.69. The smallest absolute Gasteiger partial charge is 0.387 e. The van der Waals surface area contributed by atoms with Crippen molar-refractivity contribution in [3.8, 4) is 11.5 Å². The van der Waals surface area contributed by atoms with Crippen molar-refractivity contribution >= 4 is 17.3 Å². The molecule has 0 radical (unpaired) electrons. The van der Waals surface area contributed by atoms with Crippen molar-refractivity contribution < 1.29 is 23.0 Å². The van der Waals surface area contributed by atoms with E-state index in [1.54, 1.807) is 44.6 Å². The Balaban J connectivity index is 2.00. The molecule has 1 atom stereocenters. The summed E-state index contributed by atoms with van der Waals surface area (Å²) >= 11 is 1.56. The summed E-state index contributed by atoms with van der Waals surface area (Å²) < 4.78 is 40.3. The predicted octanol–water partition coefficient (Wildman–Crippen LogP) is 4.06. The Kier molecular flexibility index (Phi) is 9.25. The molecule has 0 aliphatic rings. The molecule has 166 valence electrons. The lowest BCUT2D eigenvalue weighted by molar-refractivity contribution is -0.0514. The maximum atomic E-state index is 12.6. The van der Waals surface area contributed by atoms with Gasteiger partial charge >= 0.3 is 6.61 Å². The van der Waals surface area contributed by atoms with Crippen LogP contribution in [0, 0.1) is 0 Å². The molecule has 0 aliphatic heterocycles. The highest BCUT2D eigenvalue weighted by Crippen LogP contribution is 2.30. The summed E-state index contributed by atoms with van der Waals surface area (Å²) in [5.41, 5.74) is 1.77. The Morgan fingerprint density at radius 1 is 1.33 bits per heavy atom. The van der Waals surface area contributed by atoms with E-state index in [9.17, 15) is 8.78 Å². The minimum atomic E-state index is -2.90. The van der Waals surface area contributed by atoms with Crippen molar-refractivity contribution in [1.82, 2.24) is 15.2 Å². The largest absolute Gasteiger partial charge is 0.490 e. The number of guanidine groups is 1. The number of nitrogens with zero attached hydrogens (tertiary/aromatic N) is 3. The molecule has 0 spiro atoms. The summed E-state index contributed by atoms with van der Waals surface area (Å²) in [5.74, 6) is 0.972. The number of ether oxygens (including phenoxy) is 3. The van der Waals surface area contributed by atoms with Gasteiger partial charge in [0.1, 0.15) is 11.1 Å². The van der Waals surface area contributed by atoms with Crippen LogP contribution in [0.25, 0.3) is 0 Å². The molecule has 2 aromatic rings. The summed E-state index contributed by atoms with van der Waals surface area (Å²) in [6.07, 6.45) is -0.0388. The number of alkyl halides is 2. The highest BCUT2D eigenvalue weighted by Gasteiger charge is 2.14. The third kappa shape index (κ3) is 6.81. The minimum absolute atomic E-state index is 0.0155. The molecular formula is C20H28F2N4O3S. The van der Waals surface area contributed by atoms with Gasteiger partial charge in [0.25, 0.3) is 0 Å². The number of aromatic nitrogens is 1. The van der Waals surface area contributed by atoms with E-state index in [-0.39, 0.29) is 17.6 Å². The average molecular weight is 443 g/mol. The van der Waals surface area contributed by atoms with Crippen molar-refractivity contribution in [3.05, 3.63) is 39.8 Å². The number of aliphatic imine (C=N–C) groups is 1. The first-order valence-corrected chi connectivity index (χ1v) is 10.3. The van der Waals surface area contributed by atoms with Gasteiger partial charge in [-0.2, -0.15) is 8.78 Å². The van der Waals surface area contributed by atoms with Crippen molar-refractivity contribution in [2.45, 2.75) is 39.7 Å². The molecule has 2 rings (SSSR count). The van der Waals surface area contributed by atoms with Crippen LogP contribution in [0.4, 0.5) is 8.78 Å². The molecule has 0 amide bonds. The SMILES string of the molecule is CCOc1cc(CNC(=NC)N(C)Cc2csc(C(C)OC)n2)ccc1OC(F)F. The maximum Gasteiger partial charge on any atom is 0.387 e. The third-order valence-corrected chi connectivity index (χ3v) is 5.27. The summed E-state index contributed by atoms with van der Waals surface area (Å²) in [5, 5.41) is 6.19. The molecule has 0 saturated carbocycles. The number of methoxy groups -OCH3 is 1. The zero-order chi connectivity index (χ0) is 22.1. The number of thiazole rings is 1. The lowest BCUT2D eigenvalue weighted by Gasteiger charge is -2.21. The second kappa shape index (κ2) is 11.7. The Bertz CT molecular complexity index is 832. The van der Waals surface area contributed by atoms with E-state index in [1.807, 2.05) is 24.3 Å². The molecule has 1 N–H and O–H groups in total. The van der Waals surface area contributed by atoms with Gasteiger partial charge in [-0.25, -0.2) is 4.98 Å². The zero-order valence-electron chi connectivity index (χ0n) is 17.8. The monoisotopic (exact) mass is 442 g/mol. The lowest BCUT2D eigenvalue weighted by atomic mass is 10.2. The number of rotatable bonds is 10. The molecule has 7 nitrogen and oxygen atoms in total. The average Bonchev–Trinajstić information content (AvgIpc) is 3.18. The quantitative estimate of drug-likeness (QED) is 0.442. The normalized spacial score (nSPS) is 12.7. The number of halogens is 2. The van der Waals surface area contributed by atoms with E-state index in [2.05, 4.69) is 20.0 Å². The molecule has 1 aromatic carbocycles. The number of hydrogen-bond donors (Lipinski definition) is 1. The molecule has 0 fully saturated rings. The van der Waals surface area contributed by atoms with Crippen molar-refractivity contribution in [3.63, 3.8) is 0 Å². The van der Waals surface area contributed by atoms with Crippen LogP contribution in [0.1, 0.15) is 36.2 Å². The van der Waals surface area contributed by atoms with Gasteiger partial charge in [-0.1, -0.05) is 6.07 Å². The van der Waals surface area contributed by atoms with Gasteiger partial charge in [-0.15, -0.1) is 11.3 Å². The van der Waals surface area contributed by atoms with Crippen molar-refractivity contribution in [2.75, 3.05) is 27.8 Å². The molecule has 1 unspecified atom stereocenters. The fraction of sp³-hybridized carbons (Fsp3) is 0.500. The molecular weight excluding hydrogens is 414 g/mol. The Morgan fingerprint density at radius 3 is 2.73 bits per heavy atom. The molecule has 0 aliphatic carbocycles. The van der Waals surface area contributed by atoms with E-state index < -0.39 is 6.61 Å². The van der Waals surface area contributed by atoms with Crippen molar-refractivity contribution in [2.24, 2.45) is 4.99 Å². The van der Waals surface area contributed by atoms with Gasteiger partial charge in [0.05, 0.1) is 18.8 Å². The maximum absolute atomic E-state index is 12.6. The summed E-state index contributed by atoms with van der Waals surface area (Å²) in [7, 11) is 5.27. The van der Waals surface area contributed by atoms with Crippen LogP contribution >= 0.6 is 11.3 Å². The number of benzene rings is 1. The second-order valence-electron chi connectivity index (χ2n) is 6.40. The summed E-state index contributed by atoms with van der Waals surface area (Å²) in [4.78, 5) is 10.9. The van der Waals surface area contributed by atoms with Gasteiger partial charge in [-0.05, 0) is 31.5 Å². The Morgan fingerprint density at radius 2 is 2.10 bits per heavy atom. The van der Waals surface area contributed by atoms with Crippen LogP contribution < -0.4 is 14.8 Å². The van der Waals surface area contributed by atoms with E-state index >= 15 is 0 Å². The molecule has 0 saturated heterocycles. The molecule has 1 heterocycles. The third-order valence-electron chi connectivity index (χ3n) is 4.22. The van der Waals surface area contributed by atoms with Crippen molar-refractivity contribution in [1.29, 1.82) is 0 Å². The van der Waals surface area contributed by atoms with Crippen LogP contribution in [0.5, 0.6) is 11.5 Å². The van der Waals surface area contributed by atoms with E-state index in [0.29, 0.717) is 25.7 Å². The predicted molar refractivity (Wildman–Crippen MR) is 113 cm³/mol. The first-order valence-electron chi connectivity index (χ1n) is 9.47. The van der Waals surface area contributed by atoms with Crippen LogP contribution in [-0.4, -0.2) is 50.3 Å². The standard InChI is InChI=1S/C20H28F2N4O3S/c1-6-28-17-9-14(7-8-16(17)29-19(21)22)10-24-20(23-3)26(4)11-15-12-30-18(25-15)13(2)27-5/h7-9,12-13,19H,6,10-11H2,1-5H3,(H,23,24). The van der Waals surface area contributed by atoms with Gasteiger partial charge in [0.2, 0.25) is 0 Å². The van der Waals surface area contributed by atoms with Gasteiger partial charge in [-0.3, -0.25) is 4.99 Å². The van der Waals surface area contributed by atoms with E-state index in [4.69, 9.17) is 9.47 Å².